The molecule has 1 atom stereocenters. The summed E-state index contributed by atoms with van der Waals surface area (Å²) in [4.78, 5) is 36.4. The molecule has 0 radical (unpaired) electrons. The quantitative estimate of drug-likeness (QED) is 0.744. The molecule has 22 heavy (non-hydrogen) atoms. The number of likely N-dealkylation sites (tertiary alicyclic amines) is 1. The van der Waals surface area contributed by atoms with E-state index in [9.17, 15) is 14.4 Å². The van der Waals surface area contributed by atoms with Gasteiger partial charge in [0, 0.05) is 25.1 Å². The summed E-state index contributed by atoms with van der Waals surface area (Å²) in [6, 6.07) is 7.21. The molecule has 2 amide bonds. The van der Waals surface area contributed by atoms with Gasteiger partial charge in [0.05, 0.1) is 5.56 Å². The number of carbonyl (C=O) groups excluding carboxylic acids is 2. The average molecular weight is 303 g/mol. The van der Waals surface area contributed by atoms with E-state index in [0.717, 1.165) is 5.69 Å². The molecule has 3 rings (SSSR count). The molecule has 0 aromatic heterocycles. The summed E-state index contributed by atoms with van der Waals surface area (Å²) >= 11 is 0. The Labute approximate surface area is 127 Å². The maximum atomic E-state index is 12.3. The first-order valence-corrected chi connectivity index (χ1v) is 7.18. The van der Waals surface area contributed by atoms with Crippen LogP contribution in [0.5, 0.6) is 0 Å². The Hall–Kier alpha value is -2.57. The highest BCUT2D eigenvalue weighted by atomic mass is 16.4. The lowest BCUT2D eigenvalue weighted by Gasteiger charge is -2.39. The first-order chi connectivity index (χ1) is 10.5. The number of amides is 2. The Morgan fingerprint density at radius 2 is 2.00 bits per heavy atom. The zero-order valence-electron chi connectivity index (χ0n) is 12.0. The number of aliphatic carboxylic acids is 1. The van der Waals surface area contributed by atoms with Crippen molar-refractivity contribution in [3.63, 3.8) is 0 Å². The van der Waals surface area contributed by atoms with E-state index in [1.165, 1.54) is 4.90 Å². The van der Waals surface area contributed by atoms with Gasteiger partial charge in [-0.05, 0) is 18.6 Å². The molecule has 1 aromatic carbocycles. The number of carboxylic acid groups (broad SMARTS) is 1. The van der Waals surface area contributed by atoms with Crippen LogP contribution >= 0.6 is 0 Å². The maximum Gasteiger partial charge on any atom is 0.323 e. The van der Waals surface area contributed by atoms with Crippen LogP contribution < -0.4 is 10.6 Å². The molecule has 2 heterocycles. The fourth-order valence-electron chi connectivity index (χ4n) is 3.00. The van der Waals surface area contributed by atoms with Crippen molar-refractivity contribution in [3.8, 4) is 0 Å². The number of benzene rings is 1. The molecule has 1 spiro atoms. The number of hydrogen-bond donors (Lipinski definition) is 3. The Morgan fingerprint density at radius 1 is 1.23 bits per heavy atom. The normalized spacial score (nSPS) is 24.3. The number of para-hydroxylation sites is 1. The highest BCUT2D eigenvalue weighted by Gasteiger charge is 2.40. The second-order valence-corrected chi connectivity index (χ2v) is 5.67. The van der Waals surface area contributed by atoms with Crippen LogP contribution in [0.25, 0.3) is 0 Å². The zero-order chi connectivity index (χ0) is 15.7. The molecule has 7 nitrogen and oxygen atoms in total. The van der Waals surface area contributed by atoms with Gasteiger partial charge in [0.1, 0.15) is 12.2 Å². The van der Waals surface area contributed by atoms with Gasteiger partial charge >= 0.3 is 5.97 Å². The second-order valence-electron chi connectivity index (χ2n) is 5.67. The third kappa shape index (κ3) is 2.61. The molecule has 1 saturated heterocycles. The van der Waals surface area contributed by atoms with Crippen LogP contribution in [0.4, 0.5) is 5.69 Å². The van der Waals surface area contributed by atoms with Gasteiger partial charge in [-0.2, -0.15) is 0 Å². The van der Waals surface area contributed by atoms with Gasteiger partial charge in [0.2, 0.25) is 5.91 Å². The molecule has 0 bridgehead atoms. The van der Waals surface area contributed by atoms with E-state index in [1.54, 1.807) is 12.1 Å². The first-order valence-electron chi connectivity index (χ1n) is 7.18. The topological polar surface area (TPSA) is 98.7 Å². The Balaban J connectivity index is 1.82. The minimum absolute atomic E-state index is 0.173. The number of hydrogen-bond acceptors (Lipinski definition) is 4. The van der Waals surface area contributed by atoms with Gasteiger partial charge in [0.15, 0.2) is 0 Å². The number of rotatable bonds is 2. The summed E-state index contributed by atoms with van der Waals surface area (Å²) in [7, 11) is 0. The minimum atomic E-state index is -1.03. The van der Waals surface area contributed by atoms with Gasteiger partial charge in [0.25, 0.3) is 5.91 Å². The fraction of sp³-hybridized carbons (Fsp3) is 0.400. The summed E-state index contributed by atoms with van der Waals surface area (Å²) in [5.74, 6) is -1.40. The van der Waals surface area contributed by atoms with Crippen LogP contribution in [0, 0.1) is 0 Å². The number of carbonyl (C=O) groups is 3. The standard InChI is InChI=1S/C15H17N3O4/c19-12-5-6-15(7-8-18(12)9-13(20)21)16-11-4-2-1-3-10(11)14(22)17-15/h1-4,16H,5-9H2,(H,17,22)(H,20,21)/t15-/m1/s1. The fourth-order valence-corrected chi connectivity index (χ4v) is 3.00. The molecule has 116 valence electrons. The molecule has 1 fully saturated rings. The molecular weight excluding hydrogens is 286 g/mol. The summed E-state index contributed by atoms with van der Waals surface area (Å²) in [6.45, 7) is -0.0139. The maximum absolute atomic E-state index is 12.3. The van der Waals surface area contributed by atoms with Crippen molar-refractivity contribution in [1.29, 1.82) is 0 Å². The Morgan fingerprint density at radius 3 is 2.77 bits per heavy atom. The molecule has 7 heteroatoms. The van der Waals surface area contributed by atoms with Gasteiger partial charge in [-0.1, -0.05) is 12.1 Å². The van der Waals surface area contributed by atoms with Crippen molar-refractivity contribution in [2.24, 2.45) is 0 Å². The predicted octanol–water partition coefficient (Wildman–Crippen LogP) is 0.635. The molecule has 2 aliphatic rings. The molecule has 1 aromatic rings. The van der Waals surface area contributed by atoms with Crippen LogP contribution in [-0.2, 0) is 9.59 Å². The highest BCUT2D eigenvalue weighted by Crippen LogP contribution is 2.31. The summed E-state index contributed by atoms with van der Waals surface area (Å²) < 4.78 is 0. The largest absolute Gasteiger partial charge is 0.480 e. The lowest BCUT2D eigenvalue weighted by atomic mass is 9.95. The van der Waals surface area contributed by atoms with Gasteiger partial charge in [-0.25, -0.2) is 0 Å². The van der Waals surface area contributed by atoms with Crippen molar-refractivity contribution in [3.05, 3.63) is 29.8 Å². The molecule has 0 unspecified atom stereocenters. The lowest BCUT2D eigenvalue weighted by molar-refractivity contribution is -0.144. The SMILES string of the molecule is O=C(O)CN1CC[C@@]2(CCC1=O)NC(=O)c1ccccc1N2. The van der Waals surface area contributed by atoms with Crippen LogP contribution in [-0.4, -0.2) is 46.5 Å². The van der Waals surface area contributed by atoms with E-state index in [1.807, 2.05) is 12.1 Å². The summed E-state index contributed by atoms with van der Waals surface area (Å²) in [6.07, 6.45) is 1.09. The van der Waals surface area contributed by atoms with E-state index >= 15 is 0 Å². The number of nitrogens with one attached hydrogen (secondary N) is 2. The molecule has 0 aliphatic carbocycles. The van der Waals surface area contributed by atoms with Crippen molar-refractivity contribution in [2.75, 3.05) is 18.4 Å². The van der Waals surface area contributed by atoms with E-state index in [4.69, 9.17) is 5.11 Å². The van der Waals surface area contributed by atoms with E-state index in [2.05, 4.69) is 10.6 Å². The van der Waals surface area contributed by atoms with Crippen molar-refractivity contribution >= 4 is 23.5 Å². The van der Waals surface area contributed by atoms with E-state index in [0.29, 0.717) is 24.9 Å². The average Bonchev–Trinajstić information content (AvgIpc) is 2.61. The first kappa shape index (κ1) is 14.4. The lowest BCUT2D eigenvalue weighted by Crippen LogP contribution is -2.57. The van der Waals surface area contributed by atoms with Crippen LogP contribution in [0.1, 0.15) is 29.6 Å². The summed E-state index contributed by atoms with van der Waals surface area (Å²) in [5.41, 5.74) is 0.616. The molecular formula is C15H17N3O4. The van der Waals surface area contributed by atoms with E-state index < -0.39 is 11.6 Å². The molecule has 3 N–H and O–H groups in total. The number of carboxylic acids is 1. The summed E-state index contributed by atoms with van der Waals surface area (Å²) in [5, 5.41) is 15.1. The number of nitrogens with zero attached hydrogens (tertiary/aromatic N) is 1. The van der Waals surface area contributed by atoms with Crippen LogP contribution in [0.15, 0.2) is 24.3 Å². The zero-order valence-corrected chi connectivity index (χ0v) is 12.0. The molecule has 0 saturated carbocycles. The van der Waals surface area contributed by atoms with Gasteiger partial charge < -0.3 is 20.6 Å². The highest BCUT2D eigenvalue weighted by molar-refractivity contribution is 6.02. The molecule has 2 aliphatic heterocycles. The number of fused-ring (bicyclic) bond motifs is 1. The third-order valence-corrected chi connectivity index (χ3v) is 4.15. The van der Waals surface area contributed by atoms with Crippen molar-refractivity contribution < 1.29 is 19.5 Å². The van der Waals surface area contributed by atoms with Gasteiger partial charge in [-0.3, -0.25) is 14.4 Å². The monoisotopic (exact) mass is 303 g/mol. The smallest absolute Gasteiger partial charge is 0.323 e. The minimum Gasteiger partial charge on any atom is -0.480 e. The Kier molecular flexibility index (Phi) is 3.48. The third-order valence-electron chi connectivity index (χ3n) is 4.15. The second kappa shape index (κ2) is 5.32. The van der Waals surface area contributed by atoms with Crippen molar-refractivity contribution in [2.45, 2.75) is 24.9 Å². The van der Waals surface area contributed by atoms with Gasteiger partial charge in [-0.15, -0.1) is 0 Å². The Bertz CT molecular complexity index is 645. The number of anilines is 1. The van der Waals surface area contributed by atoms with Crippen LogP contribution in [0.2, 0.25) is 0 Å². The van der Waals surface area contributed by atoms with Crippen LogP contribution in [0.3, 0.4) is 0 Å². The van der Waals surface area contributed by atoms with E-state index in [-0.39, 0.29) is 24.8 Å². The van der Waals surface area contributed by atoms with Crippen molar-refractivity contribution in [1.82, 2.24) is 10.2 Å². The predicted molar refractivity (Wildman–Crippen MR) is 78.3 cm³/mol.